The van der Waals surface area contributed by atoms with E-state index in [0.717, 1.165) is 0 Å². The van der Waals surface area contributed by atoms with Crippen LogP contribution in [0.2, 0.25) is 0 Å². The quantitative estimate of drug-likeness (QED) is 0.909. The molecule has 0 unspecified atom stereocenters. The molecular formula is C11H14BrF2NO2. The second-order valence-corrected chi connectivity index (χ2v) is 4.32. The maximum Gasteiger partial charge on any atom is 0.240 e. The van der Waals surface area contributed by atoms with E-state index in [1.54, 1.807) is 12.1 Å². The average Bonchev–Trinajstić information content (AvgIpc) is 2.27. The average molecular weight is 310 g/mol. The van der Waals surface area contributed by atoms with Gasteiger partial charge in [0.05, 0.1) is 14.2 Å². The van der Waals surface area contributed by atoms with Gasteiger partial charge in [-0.25, -0.2) is 8.78 Å². The minimum Gasteiger partial charge on any atom is -0.493 e. The van der Waals surface area contributed by atoms with Gasteiger partial charge < -0.3 is 15.2 Å². The Morgan fingerprint density at radius 2 is 1.76 bits per heavy atom. The molecule has 0 saturated carbocycles. The molecule has 0 aliphatic carbocycles. The summed E-state index contributed by atoms with van der Waals surface area (Å²) >= 11 is 3.28. The summed E-state index contributed by atoms with van der Waals surface area (Å²) in [6.07, 6.45) is -2.83. The minimum absolute atomic E-state index is 0.395. The van der Waals surface area contributed by atoms with Crippen molar-refractivity contribution in [1.29, 1.82) is 0 Å². The number of rotatable bonds is 5. The highest BCUT2D eigenvalue weighted by molar-refractivity contribution is 9.10. The van der Waals surface area contributed by atoms with Crippen molar-refractivity contribution in [3.8, 4) is 11.5 Å². The molecule has 0 aromatic heterocycles. The Labute approximate surface area is 107 Å². The van der Waals surface area contributed by atoms with E-state index >= 15 is 0 Å². The Morgan fingerprint density at radius 3 is 2.24 bits per heavy atom. The molecule has 96 valence electrons. The van der Waals surface area contributed by atoms with E-state index in [-0.39, 0.29) is 0 Å². The fourth-order valence-corrected chi connectivity index (χ4v) is 2.09. The van der Waals surface area contributed by atoms with Crippen molar-refractivity contribution >= 4 is 15.9 Å². The van der Waals surface area contributed by atoms with Crippen molar-refractivity contribution in [3.63, 3.8) is 0 Å². The molecule has 0 radical (unpaired) electrons. The van der Waals surface area contributed by atoms with Crippen LogP contribution < -0.4 is 15.2 Å². The fraction of sp³-hybridized carbons (Fsp3) is 0.455. The number of hydrogen-bond acceptors (Lipinski definition) is 3. The van der Waals surface area contributed by atoms with Gasteiger partial charge in [0.2, 0.25) is 6.43 Å². The molecular weight excluding hydrogens is 296 g/mol. The first-order valence-electron chi connectivity index (χ1n) is 4.94. The lowest BCUT2D eigenvalue weighted by molar-refractivity contribution is 0.128. The highest BCUT2D eigenvalue weighted by Gasteiger charge is 2.18. The summed E-state index contributed by atoms with van der Waals surface area (Å²) in [6.45, 7) is 0. The zero-order valence-corrected chi connectivity index (χ0v) is 11.1. The van der Waals surface area contributed by atoms with Crippen molar-refractivity contribution in [2.75, 3.05) is 14.2 Å². The van der Waals surface area contributed by atoms with Gasteiger partial charge >= 0.3 is 0 Å². The molecule has 0 heterocycles. The zero-order chi connectivity index (χ0) is 13.0. The van der Waals surface area contributed by atoms with Gasteiger partial charge in [-0.3, -0.25) is 0 Å². The van der Waals surface area contributed by atoms with E-state index in [1.807, 2.05) is 0 Å². The second-order valence-electron chi connectivity index (χ2n) is 3.46. The van der Waals surface area contributed by atoms with Crippen molar-refractivity contribution in [3.05, 3.63) is 22.2 Å². The van der Waals surface area contributed by atoms with Crippen LogP contribution in [0.4, 0.5) is 8.78 Å². The number of nitrogens with two attached hydrogens (primary N) is 1. The lowest BCUT2D eigenvalue weighted by Crippen LogP contribution is -2.14. The molecule has 1 aromatic carbocycles. The van der Waals surface area contributed by atoms with Crippen molar-refractivity contribution in [2.24, 2.45) is 5.73 Å². The third kappa shape index (κ3) is 3.54. The van der Waals surface area contributed by atoms with E-state index in [4.69, 9.17) is 15.2 Å². The molecule has 0 amide bonds. The summed E-state index contributed by atoms with van der Waals surface area (Å²) < 4.78 is 35.4. The Hall–Kier alpha value is -0.880. The molecule has 0 aliphatic rings. The Balaban J connectivity index is 3.07. The number of ether oxygens (including phenoxy) is 2. The molecule has 1 atom stereocenters. The van der Waals surface area contributed by atoms with E-state index in [2.05, 4.69) is 15.9 Å². The van der Waals surface area contributed by atoms with Gasteiger partial charge in [0.1, 0.15) is 0 Å². The van der Waals surface area contributed by atoms with E-state index in [1.165, 1.54) is 14.2 Å². The van der Waals surface area contributed by atoms with E-state index in [0.29, 0.717) is 21.5 Å². The maximum absolute atomic E-state index is 12.3. The zero-order valence-electron chi connectivity index (χ0n) is 9.54. The molecule has 0 bridgehead atoms. The van der Waals surface area contributed by atoms with E-state index in [9.17, 15) is 8.78 Å². The largest absolute Gasteiger partial charge is 0.493 e. The fourth-order valence-electron chi connectivity index (χ4n) is 1.47. The number of methoxy groups -OCH3 is 2. The predicted octanol–water partition coefficient (Wildman–Crippen LogP) is 3.12. The van der Waals surface area contributed by atoms with Crippen LogP contribution in [-0.2, 0) is 0 Å². The number of alkyl halides is 2. The first-order chi connectivity index (χ1) is 7.99. The summed E-state index contributed by atoms with van der Waals surface area (Å²) in [7, 11) is 2.98. The van der Waals surface area contributed by atoms with Crippen LogP contribution in [0.5, 0.6) is 11.5 Å². The van der Waals surface area contributed by atoms with Crippen LogP contribution in [0.3, 0.4) is 0 Å². The Bertz CT molecular complexity index is 388. The molecule has 0 aliphatic heterocycles. The first kappa shape index (κ1) is 14.2. The number of benzene rings is 1. The molecule has 3 nitrogen and oxygen atoms in total. The summed E-state index contributed by atoms with van der Waals surface area (Å²) in [5.74, 6) is 0.989. The molecule has 0 saturated heterocycles. The smallest absolute Gasteiger partial charge is 0.240 e. The van der Waals surface area contributed by atoms with Gasteiger partial charge in [-0.2, -0.15) is 0 Å². The molecule has 1 aromatic rings. The van der Waals surface area contributed by atoms with Gasteiger partial charge in [-0.1, -0.05) is 15.9 Å². The third-order valence-corrected chi connectivity index (χ3v) is 3.02. The van der Waals surface area contributed by atoms with Gasteiger partial charge in [-0.15, -0.1) is 0 Å². The monoisotopic (exact) mass is 309 g/mol. The molecule has 1 rings (SSSR count). The van der Waals surface area contributed by atoms with Crippen LogP contribution in [0.15, 0.2) is 16.6 Å². The number of halogens is 3. The third-order valence-electron chi connectivity index (χ3n) is 2.33. The van der Waals surface area contributed by atoms with Crippen molar-refractivity contribution < 1.29 is 18.3 Å². The predicted molar refractivity (Wildman–Crippen MR) is 64.8 cm³/mol. The highest BCUT2D eigenvalue weighted by atomic mass is 79.9. The van der Waals surface area contributed by atoms with Crippen LogP contribution in [0.1, 0.15) is 18.0 Å². The SMILES string of the molecule is COc1cc(Br)c([C@H](N)CC(F)F)cc1OC. The molecule has 6 heteroatoms. The minimum atomic E-state index is -2.44. The molecule has 2 N–H and O–H groups in total. The van der Waals surface area contributed by atoms with Gasteiger partial charge in [0, 0.05) is 16.9 Å². The lowest BCUT2D eigenvalue weighted by atomic mass is 10.0. The van der Waals surface area contributed by atoms with Crippen LogP contribution >= 0.6 is 15.9 Å². The summed E-state index contributed by atoms with van der Waals surface area (Å²) in [5, 5.41) is 0. The Kier molecular flexibility index (Phi) is 5.14. The summed E-state index contributed by atoms with van der Waals surface area (Å²) in [4.78, 5) is 0. The van der Waals surface area contributed by atoms with E-state index < -0.39 is 18.9 Å². The molecule has 0 fully saturated rings. The number of hydrogen-bond donors (Lipinski definition) is 1. The summed E-state index contributed by atoms with van der Waals surface area (Å²) in [6, 6.07) is 2.51. The highest BCUT2D eigenvalue weighted by Crippen LogP contribution is 2.36. The van der Waals surface area contributed by atoms with Gasteiger partial charge in [0.15, 0.2) is 11.5 Å². The van der Waals surface area contributed by atoms with Crippen molar-refractivity contribution in [2.45, 2.75) is 18.9 Å². The molecule has 17 heavy (non-hydrogen) atoms. The normalized spacial score (nSPS) is 12.6. The summed E-state index contributed by atoms with van der Waals surface area (Å²) in [5.41, 5.74) is 6.28. The Morgan fingerprint density at radius 1 is 1.24 bits per heavy atom. The standard InChI is InChI=1S/C11H14BrF2NO2/c1-16-9-3-6(8(15)5-11(13)14)7(12)4-10(9)17-2/h3-4,8,11H,5,15H2,1-2H3/t8-/m1/s1. The second kappa shape index (κ2) is 6.16. The van der Waals surface area contributed by atoms with Gasteiger partial charge in [0.25, 0.3) is 0 Å². The van der Waals surface area contributed by atoms with Crippen molar-refractivity contribution in [1.82, 2.24) is 0 Å². The van der Waals surface area contributed by atoms with Crippen LogP contribution in [-0.4, -0.2) is 20.6 Å². The first-order valence-corrected chi connectivity index (χ1v) is 5.74. The topological polar surface area (TPSA) is 44.5 Å². The molecule has 0 spiro atoms. The maximum atomic E-state index is 12.3. The van der Waals surface area contributed by atoms with Crippen LogP contribution in [0.25, 0.3) is 0 Å². The van der Waals surface area contributed by atoms with Crippen LogP contribution in [0, 0.1) is 0 Å². The van der Waals surface area contributed by atoms with Gasteiger partial charge in [-0.05, 0) is 17.7 Å². The lowest BCUT2D eigenvalue weighted by Gasteiger charge is -2.16.